The van der Waals surface area contributed by atoms with Crippen LogP contribution < -0.4 is 0 Å². The summed E-state index contributed by atoms with van der Waals surface area (Å²) in [7, 11) is 0. The summed E-state index contributed by atoms with van der Waals surface area (Å²) < 4.78 is 16.9. The fraction of sp³-hybridized carbons (Fsp3) is 0.868. The number of unbranched alkanes of at least 4 members (excludes halogenated alkanes) is 44. The zero-order valence-corrected chi connectivity index (χ0v) is 49.9. The highest BCUT2D eigenvalue weighted by Gasteiger charge is 2.19. The summed E-state index contributed by atoms with van der Waals surface area (Å²) in [5.41, 5.74) is 0. The van der Waals surface area contributed by atoms with E-state index < -0.39 is 6.10 Å². The van der Waals surface area contributed by atoms with Gasteiger partial charge in [0.25, 0.3) is 0 Å². The van der Waals surface area contributed by atoms with Gasteiger partial charge in [-0.25, -0.2) is 0 Å². The summed E-state index contributed by atoms with van der Waals surface area (Å²) in [5.74, 6) is -0.855. The molecule has 1 unspecified atom stereocenters. The number of ether oxygens (including phenoxy) is 3. The molecule has 0 aliphatic heterocycles. The second kappa shape index (κ2) is 63.2. The fourth-order valence-corrected chi connectivity index (χ4v) is 9.88. The van der Waals surface area contributed by atoms with Gasteiger partial charge in [0.15, 0.2) is 6.10 Å². The van der Waals surface area contributed by atoms with Gasteiger partial charge in [-0.3, -0.25) is 14.4 Å². The first-order chi connectivity index (χ1) is 36.5. The molecular formula is C68H126O6. The van der Waals surface area contributed by atoms with Gasteiger partial charge in [0, 0.05) is 19.3 Å². The Bertz CT molecular complexity index is 1240. The van der Waals surface area contributed by atoms with Gasteiger partial charge in [-0.05, 0) is 77.0 Å². The maximum Gasteiger partial charge on any atom is 0.306 e. The SMILES string of the molecule is CCCCC/C=C\CCCCCCCC(=O)OCC(COC(=O)CCCCCCCCCCCCCCCCCCC/C=C\C/C=C\CCCCCCC)OC(=O)CCCCCCCCCCCCCCCCC. The monoisotopic (exact) mass is 1040 g/mol. The predicted molar refractivity (Wildman–Crippen MR) is 321 cm³/mol. The van der Waals surface area contributed by atoms with E-state index in [1.54, 1.807) is 0 Å². The van der Waals surface area contributed by atoms with Crippen molar-refractivity contribution in [2.75, 3.05) is 13.2 Å². The van der Waals surface area contributed by atoms with Crippen molar-refractivity contribution in [3.63, 3.8) is 0 Å². The second-order valence-corrected chi connectivity index (χ2v) is 22.4. The summed E-state index contributed by atoms with van der Waals surface area (Å²) in [6.07, 6.45) is 77.4. The van der Waals surface area contributed by atoms with E-state index in [4.69, 9.17) is 14.2 Å². The van der Waals surface area contributed by atoms with Gasteiger partial charge < -0.3 is 14.2 Å². The molecule has 1 atom stereocenters. The van der Waals surface area contributed by atoms with E-state index in [0.29, 0.717) is 19.3 Å². The number of allylic oxidation sites excluding steroid dienone is 6. The van der Waals surface area contributed by atoms with Crippen molar-refractivity contribution in [3.05, 3.63) is 36.5 Å². The molecule has 0 aromatic rings. The van der Waals surface area contributed by atoms with Crippen LogP contribution in [-0.2, 0) is 28.6 Å². The number of hydrogen-bond donors (Lipinski definition) is 0. The predicted octanol–water partition coefficient (Wildman–Crippen LogP) is 22.4. The molecule has 0 aromatic carbocycles. The van der Waals surface area contributed by atoms with Crippen LogP contribution in [0.5, 0.6) is 0 Å². The van der Waals surface area contributed by atoms with E-state index in [0.717, 1.165) is 70.6 Å². The Balaban J connectivity index is 4.14. The molecular weight excluding hydrogens is 913 g/mol. The van der Waals surface area contributed by atoms with Crippen LogP contribution in [-0.4, -0.2) is 37.2 Å². The third kappa shape index (κ3) is 60.5. The third-order valence-electron chi connectivity index (χ3n) is 14.9. The summed E-state index contributed by atoms with van der Waals surface area (Å²) >= 11 is 0. The van der Waals surface area contributed by atoms with Gasteiger partial charge in [0.2, 0.25) is 0 Å². The second-order valence-electron chi connectivity index (χ2n) is 22.4. The van der Waals surface area contributed by atoms with Gasteiger partial charge in [0.05, 0.1) is 0 Å². The maximum atomic E-state index is 12.9. The van der Waals surface area contributed by atoms with Crippen molar-refractivity contribution in [3.8, 4) is 0 Å². The molecule has 0 N–H and O–H groups in total. The molecule has 0 aliphatic carbocycles. The molecule has 6 nitrogen and oxygen atoms in total. The van der Waals surface area contributed by atoms with Crippen molar-refractivity contribution < 1.29 is 28.6 Å². The molecule has 434 valence electrons. The minimum atomic E-state index is -0.771. The molecule has 0 aliphatic rings. The van der Waals surface area contributed by atoms with Crippen LogP contribution >= 0.6 is 0 Å². The van der Waals surface area contributed by atoms with Crippen molar-refractivity contribution >= 4 is 17.9 Å². The van der Waals surface area contributed by atoms with Crippen LogP contribution in [0.15, 0.2) is 36.5 Å². The Morgan fingerprint density at radius 2 is 0.486 bits per heavy atom. The van der Waals surface area contributed by atoms with E-state index in [1.807, 2.05) is 0 Å². The van der Waals surface area contributed by atoms with E-state index in [-0.39, 0.29) is 31.1 Å². The Labute approximate surface area is 461 Å². The first-order valence-electron chi connectivity index (χ1n) is 33.0. The Morgan fingerprint density at radius 3 is 0.784 bits per heavy atom. The first-order valence-corrected chi connectivity index (χ1v) is 33.0. The van der Waals surface area contributed by atoms with E-state index in [2.05, 4.69) is 57.2 Å². The Hall–Kier alpha value is -2.37. The standard InChI is InChI=1S/C68H126O6/c1-4-7-10-13-16-19-22-25-27-28-29-30-31-32-33-34-35-36-37-38-39-40-42-43-46-49-52-55-58-61-67(70)73-64-65(63-72-66(69)60-57-54-51-48-45-24-21-18-15-12-9-6-3)74-68(71)62-59-56-53-50-47-44-41-26-23-20-17-14-11-8-5-2/h18,21-22,25,28-29,65H,4-17,19-20,23-24,26-27,30-64H2,1-3H3/b21-18-,25-22-,29-28-. The van der Waals surface area contributed by atoms with Gasteiger partial charge >= 0.3 is 17.9 Å². The molecule has 0 spiro atoms. The molecule has 74 heavy (non-hydrogen) atoms. The molecule has 0 radical (unpaired) electrons. The topological polar surface area (TPSA) is 78.9 Å². The van der Waals surface area contributed by atoms with Crippen molar-refractivity contribution in [2.45, 2.75) is 367 Å². The zero-order valence-electron chi connectivity index (χ0n) is 49.9. The van der Waals surface area contributed by atoms with Crippen LogP contribution in [0, 0.1) is 0 Å². The van der Waals surface area contributed by atoms with Gasteiger partial charge in [-0.2, -0.15) is 0 Å². The molecule has 0 bridgehead atoms. The largest absolute Gasteiger partial charge is 0.462 e. The van der Waals surface area contributed by atoms with Crippen molar-refractivity contribution in [2.24, 2.45) is 0 Å². The van der Waals surface area contributed by atoms with E-state index in [1.165, 1.54) is 250 Å². The zero-order chi connectivity index (χ0) is 53.6. The van der Waals surface area contributed by atoms with Gasteiger partial charge in [-0.1, -0.05) is 301 Å². The summed E-state index contributed by atoms with van der Waals surface area (Å²) in [6.45, 7) is 6.65. The summed E-state index contributed by atoms with van der Waals surface area (Å²) in [5, 5.41) is 0. The van der Waals surface area contributed by atoms with Crippen LogP contribution in [0.3, 0.4) is 0 Å². The average molecular weight is 1040 g/mol. The lowest BCUT2D eigenvalue weighted by Crippen LogP contribution is -2.30. The summed E-state index contributed by atoms with van der Waals surface area (Å²) in [4.78, 5) is 38.2. The van der Waals surface area contributed by atoms with E-state index in [9.17, 15) is 14.4 Å². The minimum absolute atomic E-state index is 0.0694. The number of carbonyl (C=O) groups excluding carboxylic acids is 3. The highest BCUT2D eigenvalue weighted by molar-refractivity contribution is 5.71. The lowest BCUT2D eigenvalue weighted by molar-refractivity contribution is -0.167. The number of rotatable bonds is 61. The molecule has 0 heterocycles. The lowest BCUT2D eigenvalue weighted by Gasteiger charge is -2.18. The molecule has 6 heteroatoms. The Kier molecular flexibility index (Phi) is 61.1. The minimum Gasteiger partial charge on any atom is -0.462 e. The molecule has 0 rings (SSSR count). The quantitative estimate of drug-likeness (QED) is 0.0261. The number of carbonyl (C=O) groups is 3. The Morgan fingerprint density at radius 1 is 0.270 bits per heavy atom. The van der Waals surface area contributed by atoms with Crippen molar-refractivity contribution in [1.82, 2.24) is 0 Å². The van der Waals surface area contributed by atoms with Crippen LogP contribution in [0.4, 0.5) is 0 Å². The molecule has 0 saturated heterocycles. The lowest BCUT2D eigenvalue weighted by atomic mass is 10.0. The molecule has 0 aromatic heterocycles. The molecule has 0 amide bonds. The van der Waals surface area contributed by atoms with Gasteiger partial charge in [0.1, 0.15) is 13.2 Å². The summed E-state index contributed by atoms with van der Waals surface area (Å²) in [6, 6.07) is 0. The fourth-order valence-electron chi connectivity index (χ4n) is 9.88. The third-order valence-corrected chi connectivity index (χ3v) is 14.9. The highest BCUT2D eigenvalue weighted by atomic mass is 16.6. The number of esters is 3. The van der Waals surface area contributed by atoms with E-state index >= 15 is 0 Å². The average Bonchev–Trinajstić information content (AvgIpc) is 3.40. The van der Waals surface area contributed by atoms with Crippen LogP contribution in [0.2, 0.25) is 0 Å². The van der Waals surface area contributed by atoms with Crippen LogP contribution in [0.25, 0.3) is 0 Å². The molecule has 0 saturated carbocycles. The van der Waals surface area contributed by atoms with Crippen molar-refractivity contribution in [1.29, 1.82) is 0 Å². The number of hydrogen-bond acceptors (Lipinski definition) is 6. The normalized spacial score (nSPS) is 12.2. The maximum absolute atomic E-state index is 12.9. The molecule has 0 fully saturated rings. The highest BCUT2D eigenvalue weighted by Crippen LogP contribution is 2.18. The smallest absolute Gasteiger partial charge is 0.306 e. The van der Waals surface area contributed by atoms with Gasteiger partial charge in [-0.15, -0.1) is 0 Å². The van der Waals surface area contributed by atoms with Crippen LogP contribution in [0.1, 0.15) is 361 Å². The first kappa shape index (κ1) is 71.6.